The lowest BCUT2D eigenvalue weighted by Gasteiger charge is -2.21. The van der Waals surface area contributed by atoms with E-state index in [0.717, 1.165) is 5.56 Å². The molecule has 1 aromatic carbocycles. The van der Waals surface area contributed by atoms with Crippen molar-refractivity contribution in [1.82, 2.24) is 10.6 Å². The minimum atomic E-state index is -0.356. The molecule has 0 heterocycles. The predicted octanol–water partition coefficient (Wildman–Crippen LogP) is 2.08. The van der Waals surface area contributed by atoms with Gasteiger partial charge in [0.25, 0.3) is 5.91 Å². The number of hydrogen-bond acceptors (Lipinski definition) is 2. The number of amides is 2. The number of hydrogen-bond donors (Lipinski definition) is 2. The van der Waals surface area contributed by atoms with Crippen molar-refractivity contribution in [3.8, 4) is 0 Å². The zero-order valence-electron chi connectivity index (χ0n) is 11.8. The lowest BCUT2D eigenvalue weighted by atomic mass is 10.1. The summed E-state index contributed by atoms with van der Waals surface area (Å²) in [5.41, 5.74) is 0.745. The first-order chi connectivity index (χ1) is 8.78. The Balaban J connectivity index is 2.98. The highest BCUT2D eigenvalue weighted by atomic mass is 16.2. The van der Waals surface area contributed by atoms with Crippen LogP contribution in [0.15, 0.2) is 36.0 Å². The Labute approximate surface area is 113 Å². The quantitative estimate of drug-likeness (QED) is 0.817. The van der Waals surface area contributed by atoms with Crippen molar-refractivity contribution >= 4 is 17.9 Å². The van der Waals surface area contributed by atoms with E-state index in [1.807, 2.05) is 51.1 Å². The summed E-state index contributed by atoms with van der Waals surface area (Å²) in [6.45, 7) is 7.04. The fourth-order valence-electron chi connectivity index (χ4n) is 1.47. The Morgan fingerprint density at radius 3 is 2.16 bits per heavy atom. The van der Waals surface area contributed by atoms with Gasteiger partial charge in [0.05, 0.1) is 0 Å². The second-order valence-electron chi connectivity index (χ2n) is 5.35. The second-order valence-corrected chi connectivity index (χ2v) is 5.35. The van der Waals surface area contributed by atoms with Crippen molar-refractivity contribution in [3.05, 3.63) is 41.6 Å². The second kappa shape index (κ2) is 6.18. The molecule has 0 aliphatic heterocycles. The summed E-state index contributed by atoms with van der Waals surface area (Å²) < 4.78 is 0. The molecule has 4 nitrogen and oxygen atoms in total. The maximum Gasteiger partial charge on any atom is 0.268 e. The lowest BCUT2D eigenvalue weighted by Crippen LogP contribution is -2.44. The molecule has 0 aliphatic carbocycles. The molecule has 102 valence electrons. The first kappa shape index (κ1) is 15.0. The Morgan fingerprint density at radius 2 is 1.68 bits per heavy atom. The first-order valence-electron chi connectivity index (χ1n) is 6.15. The molecule has 0 radical (unpaired) electrons. The van der Waals surface area contributed by atoms with E-state index >= 15 is 0 Å². The molecule has 1 aromatic rings. The van der Waals surface area contributed by atoms with Gasteiger partial charge in [-0.1, -0.05) is 30.3 Å². The molecule has 0 fully saturated rings. The molecule has 2 N–H and O–H groups in total. The van der Waals surface area contributed by atoms with Crippen LogP contribution >= 0.6 is 0 Å². The van der Waals surface area contributed by atoms with E-state index in [0.29, 0.717) is 0 Å². The number of rotatable bonds is 3. The highest BCUT2D eigenvalue weighted by Gasteiger charge is 2.18. The van der Waals surface area contributed by atoms with Crippen LogP contribution in [0.5, 0.6) is 0 Å². The average Bonchev–Trinajstić information content (AvgIpc) is 2.26. The van der Waals surface area contributed by atoms with Crippen molar-refractivity contribution < 1.29 is 9.59 Å². The summed E-state index contributed by atoms with van der Waals surface area (Å²) in [5.74, 6) is -0.571. The zero-order chi connectivity index (χ0) is 14.5. The molecule has 1 rings (SSSR count). The number of benzene rings is 1. The van der Waals surface area contributed by atoms with Crippen LogP contribution < -0.4 is 10.6 Å². The smallest absolute Gasteiger partial charge is 0.268 e. The van der Waals surface area contributed by atoms with Crippen molar-refractivity contribution in [2.75, 3.05) is 0 Å². The van der Waals surface area contributed by atoms with Crippen LogP contribution in [0.2, 0.25) is 0 Å². The SMILES string of the molecule is CC(=O)NC(=Cc1ccccc1)C(=O)NC(C)(C)C. The summed E-state index contributed by atoms with van der Waals surface area (Å²) in [7, 11) is 0. The van der Waals surface area contributed by atoms with Gasteiger partial charge >= 0.3 is 0 Å². The van der Waals surface area contributed by atoms with Crippen molar-refractivity contribution in [2.24, 2.45) is 0 Å². The largest absolute Gasteiger partial charge is 0.346 e. The van der Waals surface area contributed by atoms with Crippen molar-refractivity contribution in [3.63, 3.8) is 0 Å². The summed E-state index contributed by atoms with van der Waals surface area (Å²) in [4.78, 5) is 23.3. The Morgan fingerprint density at radius 1 is 1.11 bits per heavy atom. The van der Waals surface area contributed by atoms with Gasteiger partial charge in [-0.3, -0.25) is 9.59 Å². The Kier molecular flexibility index (Phi) is 4.87. The monoisotopic (exact) mass is 260 g/mol. The van der Waals surface area contributed by atoms with Gasteiger partial charge in [-0.2, -0.15) is 0 Å². The standard InChI is InChI=1S/C15H20N2O2/c1-11(18)16-13(14(19)17-15(2,3)4)10-12-8-6-5-7-9-12/h5-10H,1-4H3,(H,16,18)(H,17,19). The van der Waals surface area contributed by atoms with E-state index in [4.69, 9.17) is 0 Å². The van der Waals surface area contributed by atoms with Crippen LogP contribution in [0, 0.1) is 0 Å². The van der Waals surface area contributed by atoms with Gasteiger partial charge in [-0.15, -0.1) is 0 Å². The molecule has 0 atom stereocenters. The Bertz CT molecular complexity index is 485. The maximum atomic E-state index is 12.1. The van der Waals surface area contributed by atoms with Gasteiger partial charge in [0.15, 0.2) is 0 Å². The summed E-state index contributed by atoms with van der Waals surface area (Å²) in [5, 5.41) is 5.38. The molecule has 4 heteroatoms. The summed E-state index contributed by atoms with van der Waals surface area (Å²) in [6, 6.07) is 9.38. The molecule has 19 heavy (non-hydrogen) atoms. The number of nitrogens with one attached hydrogen (secondary N) is 2. The molecule has 0 aliphatic rings. The first-order valence-corrected chi connectivity index (χ1v) is 6.15. The molecule has 0 unspecified atom stereocenters. The lowest BCUT2D eigenvalue weighted by molar-refractivity contribution is -0.123. The van der Waals surface area contributed by atoms with Crippen molar-refractivity contribution in [1.29, 1.82) is 0 Å². The van der Waals surface area contributed by atoms with Crippen LogP contribution in [-0.4, -0.2) is 17.4 Å². The third-order valence-corrected chi connectivity index (χ3v) is 2.15. The minimum absolute atomic E-state index is 0.244. The highest BCUT2D eigenvalue weighted by molar-refractivity contribution is 6.01. The van der Waals surface area contributed by atoms with Gasteiger partial charge in [-0.25, -0.2) is 0 Å². The molecule has 0 saturated carbocycles. The topological polar surface area (TPSA) is 58.2 Å². The molecule has 0 bridgehead atoms. The minimum Gasteiger partial charge on any atom is -0.346 e. The maximum absolute atomic E-state index is 12.1. The molecule has 2 amide bonds. The van der Waals surface area contributed by atoms with Gasteiger partial charge in [0, 0.05) is 12.5 Å². The van der Waals surface area contributed by atoms with Crippen LogP contribution in [0.1, 0.15) is 33.3 Å². The van der Waals surface area contributed by atoms with Crippen LogP contribution in [0.25, 0.3) is 6.08 Å². The van der Waals surface area contributed by atoms with Crippen LogP contribution in [-0.2, 0) is 9.59 Å². The van der Waals surface area contributed by atoms with Gasteiger partial charge in [0.1, 0.15) is 5.70 Å². The normalized spacial score (nSPS) is 11.9. The van der Waals surface area contributed by atoms with Crippen LogP contribution in [0.4, 0.5) is 0 Å². The third-order valence-electron chi connectivity index (χ3n) is 2.15. The zero-order valence-corrected chi connectivity index (χ0v) is 11.8. The predicted molar refractivity (Wildman–Crippen MR) is 76.1 cm³/mol. The fourth-order valence-corrected chi connectivity index (χ4v) is 1.47. The number of carbonyl (C=O) groups is 2. The average molecular weight is 260 g/mol. The molecular weight excluding hydrogens is 240 g/mol. The van der Waals surface area contributed by atoms with Gasteiger partial charge in [-0.05, 0) is 32.4 Å². The van der Waals surface area contributed by atoms with Gasteiger partial charge < -0.3 is 10.6 Å². The van der Waals surface area contributed by atoms with Crippen LogP contribution in [0.3, 0.4) is 0 Å². The molecular formula is C15H20N2O2. The Hall–Kier alpha value is -2.10. The fraction of sp³-hybridized carbons (Fsp3) is 0.333. The van der Waals surface area contributed by atoms with Gasteiger partial charge in [0.2, 0.25) is 5.91 Å². The van der Waals surface area contributed by atoms with E-state index in [1.165, 1.54) is 6.92 Å². The van der Waals surface area contributed by atoms with E-state index in [9.17, 15) is 9.59 Å². The molecule has 0 spiro atoms. The molecule has 0 saturated heterocycles. The van der Waals surface area contributed by atoms with E-state index in [-0.39, 0.29) is 23.1 Å². The van der Waals surface area contributed by atoms with Crippen molar-refractivity contribution in [2.45, 2.75) is 33.2 Å². The molecule has 0 aromatic heterocycles. The summed E-state index contributed by atoms with van der Waals surface area (Å²) in [6.07, 6.45) is 1.66. The van der Waals surface area contributed by atoms with E-state index in [1.54, 1.807) is 6.08 Å². The summed E-state index contributed by atoms with van der Waals surface area (Å²) >= 11 is 0. The van der Waals surface area contributed by atoms with E-state index < -0.39 is 0 Å². The van der Waals surface area contributed by atoms with E-state index in [2.05, 4.69) is 10.6 Å². The highest BCUT2D eigenvalue weighted by Crippen LogP contribution is 2.07. The number of carbonyl (C=O) groups excluding carboxylic acids is 2. The third kappa shape index (κ3) is 5.86.